The molecular formula is C7H11ClO. The van der Waals surface area contributed by atoms with Crippen LogP contribution in [0.1, 0.15) is 19.8 Å². The molecule has 0 aliphatic rings. The fraction of sp³-hybridized carbons (Fsp3) is 0.571. The Bertz CT molecular complexity index is 109. The zero-order chi connectivity index (χ0) is 7.28. The van der Waals surface area contributed by atoms with Crippen molar-refractivity contribution in [3.05, 3.63) is 11.6 Å². The van der Waals surface area contributed by atoms with E-state index in [9.17, 15) is 4.79 Å². The average molecular weight is 147 g/mol. The van der Waals surface area contributed by atoms with Gasteiger partial charge in [0.15, 0.2) is 0 Å². The Morgan fingerprint density at radius 3 is 2.78 bits per heavy atom. The van der Waals surface area contributed by atoms with E-state index in [1.807, 2.05) is 6.92 Å². The summed E-state index contributed by atoms with van der Waals surface area (Å²) in [6.07, 6.45) is 2.48. The molecule has 0 fully saturated rings. The molecule has 0 bridgehead atoms. The third-order valence-corrected chi connectivity index (χ3v) is 1.29. The largest absolute Gasteiger partial charge is 0.303 e. The van der Waals surface area contributed by atoms with E-state index in [1.54, 1.807) is 0 Å². The number of hydrogen-bond acceptors (Lipinski definition) is 1. The summed E-state index contributed by atoms with van der Waals surface area (Å²) in [5.74, 6) is 0.112. The second kappa shape index (κ2) is 4.57. The third-order valence-electron chi connectivity index (χ3n) is 1.10. The van der Waals surface area contributed by atoms with Crippen molar-refractivity contribution in [1.82, 2.24) is 0 Å². The zero-order valence-electron chi connectivity index (χ0n) is 5.56. The summed E-state index contributed by atoms with van der Waals surface area (Å²) in [6.45, 7) is 5.38. The van der Waals surface area contributed by atoms with Gasteiger partial charge in [0.1, 0.15) is 6.29 Å². The van der Waals surface area contributed by atoms with E-state index in [-0.39, 0.29) is 5.92 Å². The van der Waals surface area contributed by atoms with Gasteiger partial charge in [0, 0.05) is 11.0 Å². The van der Waals surface area contributed by atoms with Crippen molar-refractivity contribution in [3.63, 3.8) is 0 Å². The summed E-state index contributed by atoms with van der Waals surface area (Å²) in [5, 5.41) is 0.628. The second-order valence-electron chi connectivity index (χ2n) is 2.17. The van der Waals surface area contributed by atoms with Crippen LogP contribution >= 0.6 is 11.6 Å². The summed E-state index contributed by atoms with van der Waals surface area (Å²) < 4.78 is 0. The van der Waals surface area contributed by atoms with E-state index in [1.165, 1.54) is 0 Å². The van der Waals surface area contributed by atoms with E-state index < -0.39 is 0 Å². The van der Waals surface area contributed by atoms with Crippen molar-refractivity contribution in [1.29, 1.82) is 0 Å². The van der Waals surface area contributed by atoms with Gasteiger partial charge < -0.3 is 4.79 Å². The summed E-state index contributed by atoms with van der Waals surface area (Å²) in [5.41, 5.74) is 0. The van der Waals surface area contributed by atoms with Crippen molar-refractivity contribution >= 4 is 17.9 Å². The van der Waals surface area contributed by atoms with Gasteiger partial charge in [0.2, 0.25) is 0 Å². The maximum Gasteiger partial charge on any atom is 0.122 e. The molecule has 1 atom stereocenters. The van der Waals surface area contributed by atoms with E-state index in [0.717, 1.165) is 19.1 Å². The Morgan fingerprint density at radius 2 is 2.44 bits per heavy atom. The van der Waals surface area contributed by atoms with Crippen molar-refractivity contribution < 1.29 is 4.79 Å². The van der Waals surface area contributed by atoms with Crippen molar-refractivity contribution in [3.8, 4) is 0 Å². The molecule has 0 aliphatic carbocycles. The molecule has 0 aromatic heterocycles. The summed E-state index contributed by atoms with van der Waals surface area (Å²) in [6, 6.07) is 0. The van der Waals surface area contributed by atoms with Crippen LogP contribution in [0.5, 0.6) is 0 Å². The lowest BCUT2D eigenvalue weighted by atomic mass is 10.1. The highest BCUT2D eigenvalue weighted by atomic mass is 35.5. The Kier molecular flexibility index (Phi) is 4.41. The molecule has 0 aromatic rings. The zero-order valence-corrected chi connectivity index (χ0v) is 6.32. The Labute approximate surface area is 60.7 Å². The molecule has 2 heteroatoms. The standard InChI is InChI=1S/C7H11ClO/c1-6(5-9)3-4-7(2)8/h5-6H,2-4H2,1H3. The molecule has 0 rings (SSSR count). The molecule has 0 saturated carbocycles. The number of allylic oxidation sites excluding steroid dienone is 1. The number of rotatable bonds is 4. The molecule has 0 heterocycles. The van der Waals surface area contributed by atoms with Crippen LogP contribution in [0, 0.1) is 5.92 Å². The average Bonchev–Trinajstić information content (AvgIpc) is 1.83. The van der Waals surface area contributed by atoms with Gasteiger partial charge in [-0.25, -0.2) is 0 Å². The van der Waals surface area contributed by atoms with Crippen LogP contribution in [0.3, 0.4) is 0 Å². The monoisotopic (exact) mass is 146 g/mol. The fourth-order valence-electron chi connectivity index (χ4n) is 0.452. The molecule has 0 N–H and O–H groups in total. The summed E-state index contributed by atoms with van der Waals surface area (Å²) in [4.78, 5) is 10.0. The number of carbonyl (C=O) groups excluding carboxylic acids is 1. The second-order valence-corrected chi connectivity index (χ2v) is 2.70. The van der Waals surface area contributed by atoms with Gasteiger partial charge in [-0.05, 0) is 12.8 Å². The van der Waals surface area contributed by atoms with Gasteiger partial charge in [-0.1, -0.05) is 25.1 Å². The topological polar surface area (TPSA) is 17.1 Å². The molecule has 1 unspecified atom stereocenters. The Balaban J connectivity index is 3.26. The lowest BCUT2D eigenvalue weighted by Gasteiger charge is -1.99. The normalized spacial score (nSPS) is 12.7. The third kappa shape index (κ3) is 5.57. The van der Waals surface area contributed by atoms with E-state index in [4.69, 9.17) is 11.6 Å². The first kappa shape index (κ1) is 8.70. The molecule has 1 nitrogen and oxygen atoms in total. The quantitative estimate of drug-likeness (QED) is 0.557. The molecule has 0 amide bonds. The van der Waals surface area contributed by atoms with E-state index in [0.29, 0.717) is 5.03 Å². The van der Waals surface area contributed by atoms with Crippen LogP contribution in [0.25, 0.3) is 0 Å². The Morgan fingerprint density at radius 1 is 1.89 bits per heavy atom. The highest BCUT2D eigenvalue weighted by Crippen LogP contribution is 2.10. The molecule has 52 valence electrons. The van der Waals surface area contributed by atoms with Gasteiger partial charge in [-0.15, -0.1) is 0 Å². The van der Waals surface area contributed by atoms with Crippen LogP contribution in [0.4, 0.5) is 0 Å². The number of hydrogen-bond donors (Lipinski definition) is 0. The predicted molar refractivity (Wildman–Crippen MR) is 39.5 cm³/mol. The summed E-state index contributed by atoms with van der Waals surface area (Å²) >= 11 is 5.47. The van der Waals surface area contributed by atoms with Crippen LogP contribution in [0.2, 0.25) is 0 Å². The van der Waals surface area contributed by atoms with E-state index >= 15 is 0 Å². The number of aldehydes is 1. The lowest BCUT2D eigenvalue weighted by Crippen LogP contribution is -1.94. The van der Waals surface area contributed by atoms with Gasteiger partial charge in [0.25, 0.3) is 0 Å². The fourth-order valence-corrected chi connectivity index (χ4v) is 0.561. The summed E-state index contributed by atoms with van der Waals surface area (Å²) in [7, 11) is 0. The van der Waals surface area contributed by atoms with Crippen LogP contribution in [0.15, 0.2) is 11.6 Å². The van der Waals surface area contributed by atoms with Crippen LogP contribution in [-0.4, -0.2) is 6.29 Å². The molecule has 0 radical (unpaired) electrons. The van der Waals surface area contributed by atoms with Crippen LogP contribution in [-0.2, 0) is 4.79 Å². The molecule has 0 spiro atoms. The van der Waals surface area contributed by atoms with Crippen LogP contribution < -0.4 is 0 Å². The first-order valence-corrected chi connectivity index (χ1v) is 3.33. The minimum atomic E-state index is 0.112. The van der Waals surface area contributed by atoms with Crippen molar-refractivity contribution in [2.24, 2.45) is 5.92 Å². The minimum absolute atomic E-state index is 0.112. The van der Waals surface area contributed by atoms with Gasteiger partial charge in [0.05, 0.1) is 0 Å². The van der Waals surface area contributed by atoms with Gasteiger partial charge in [-0.3, -0.25) is 0 Å². The predicted octanol–water partition coefficient (Wildman–Crippen LogP) is 2.35. The first-order valence-electron chi connectivity index (χ1n) is 2.95. The molecule has 0 saturated heterocycles. The molecule has 0 aliphatic heterocycles. The van der Waals surface area contributed by atoms with E-state index in [2.05, 4.69) is 6.58 Å². The maximum absolute atomic E-state index is 10.0. The first-order chi connectivity index (χ1) is 4.16. The maximum atomic E-state index is 10.0. The van der Waals surface area contributed by atoms with Crippen molar-refractivity contribution in [2.45, 2.75) is 19.8 Å². The van der Waals surface area contributed by atoms with Crippen molar-refractivity contribution in [2.75, 3.05) is 0 Å². The van der Waals surface area contributed by atoms with Gasteiger partial charge >= 0.3 is 0 Å². The number of carbonyl (C=O) groups is 1. The molecule has 9 heavy (non-hydrogen) atoms. The highest BCUT2D eigenvalue weighted by molar-refractivity contribution is 6.29. The van der Waals surface area contributed by atoms with Gasteiger partial charge in [-0.2, -0.15) is 0 Å². The Hall–Kier alpha value is -0.300. The molecular weight excluding hydrogens is 136 g/mol. The molecule has 0 aromatic carbocycles. The highest BCUT2D eigenvalue weighted by Gasteiger charge is 1.98. The minimum Gasteiger partial charge on any atom is -0.303 e. The SMILES string of the molecule is C=C(Cl)CCC(C)C=O. The lowest BCUT2D eigenvalue weighted by molar-refractivity contribution is -0.110. The smallest absolute Gasteiger partial charge is 0.122 e. The number of halogens is 1.